The van der Waals surface area contributed by atoms with E-state index < -0.39 is 17.5 Å². The zero-order valence-electron chi connectivity index (χ0n) is 17.2. The smallest absolute Gasteiger partial charge is 0.325 e. The van der Waals surface area contributed by atoms with Gasteiger partial charge in [-0.2, -0.15) is 0 Å². The van der Waals surface area contributed by atoms with Gasteiger partial charge in [-0.1, -0.05) is 18.9 Å². The van der Waals surface area contributed by atoms with Crippen LogP contribution in [-0.4, -0.2) is 44.4 Å². The third kappa shape index (κ3) is 3.43. The van der Waals surface area contributed by atoms with Crippen LogP contribution < -0.4 is 10.6 Å². The lowest BCUT2D eigenvalue weighted by Crippen LogP contribution is -2.44. The Bertz CT molecular complexity index is 1030. The van der Waals surface area contributed by atoms with E-state index in [0.717, 1.165) is 46.9 Å². The molecular formula is C21H25N5O3S. The van der Waals surface area contributed by atoms with Gasteiger partial charge in [-0.3, -0.25) is 14.5 Å². The zero-order valence-corrected chi connectivity index (χ0v) is 18.0. The van der Waals surface area contributed by atoms with Crippen LogP contribution in [0.2, 0.25) is 0 Å². The number of carbonyl (C=O) groups is 3. The fraction of sp³-hybridized carbons (Fsp3) is 0.429. The Morgan fingerprint density at radius 2 is 2.10 bits per heavy atom. The van der Waals surface area contributed by atoms with Gasteiger partial charge < -0.3 is 15.2 Å². The summed E-state index contributed by atoms with van der Waals surface area (Å²) in [6, 6.07) is 1.57. The van der Waals surface area contributed by atoms with Crippen molar-refractivity contribution in [2.45, 2.75) is 51.6 Å². The van der Waals surface area contributed by atoms with Crippen LogP contribution in [0.15, 0.2) is 24.1 Å². The summed E-state index contributed by atoms with van der Waals surface area (Å²) in [7, 11) is 0. The molecule has 1 saturated heterocycles. The minimum absolute atomic E-state index is 0.297. The third-order valence-electron chi connectivity index (χ3n) is 5.92. The average Bonchev–Trinajstić information content (AvgIpc) is 3.45. The lowest BCUT2D eigenvalue weighted by atomic mass is 9.98. The monoisotopic (exact) mass is 427 g/mol. The van der Waals surface area contributed by atoms with Gasteiger partial charge in [0.05, 0.1) is 5.69 Å². The number of aryl methyl sites for hydroxylation is 1. The van der Waals surface area contributed by atoms with E-state index in [-0.39, 0.29) is 12.5 Å². The highest BCUT2D eigenvalue weighted by Crippen LogP contribution is 2.35. The summed E-state index contributed by atoms with van der Waals surface area (Å²) in [4.78, 5) is 42.9. The molecular weight excluding hydrogens is 402 g/mol. The molecule has 3 heterocycles. The van der Waals surface area contributed by atoms with Crippen molar-refractivity contribution in [1.29, 1.82) is 0 Å². The van der Waals surface area contributed by atoms with Crippen LogP contribution in [0.3, 0.4) is 0 Å². The van der Waals surface area contributed by atoms with Crippen molar-refractivity contribution in [2.24, 2.45) is 0 Å². The molecule has 1 saturated carbocycles. The number of nitrogens with zero attached hydrogens (tertiary/aromatic N) is 3. The summed E-state index contributed by atoms with van der Waals surface area (Å²) in [5.74, 6) is -0.735. The van der Waals surface area contributed by atoms with Crippen LogP contribution in [0.1, 0.15) is 37.1 Å². The maximum atomic E-state index is 12.7. The van der Waals surface area contributed by atoms with Gasteiger partial charge in [0.2, 0.25) is 5.91 Å². The summed E-state index contributed by atoms with van der Waals surface area (Å²) < 4.78 is 2.15. The largest absolute Gasteiger partial charge is 0.345 e. The van der Waals surface area contributed by atoms with Gasteiger partial charge >= 0.3 is 6.03 Å². The second-order valence-electron chi connectivity index (χ2n) is 7.88. The van der Waals surface area contributed by atoms with Crippen LogP contribution in [0.4, 0.5) is 9.93 Å². The molecule has 158 valence electrons. The van der Waals surface area contributed by atoms with Crippen LogP contribution >= 0.6 is 11.3 Å². The van der Waals surface area contributed by atoms with Crippen molar-refractivity contribution < 1.29 is 14.4 Å². The average molecular weight is 428 g/mol. The molecule has 4 amide bonds. The molecule has 4 rings (SSSR count). The molecule has 1 aliphatic heterocycles. The van der Waals surface area contributed by atoms with E-state index in [4.69, 9.17) is 0 Å². The number of amides is 4. The fourth-order valence-corrected chi connectivity index (χ4v) is 5.09. The number of anilines is 1. The Balaban J connectivity index is 1.44. The molecule has 0 atom stereocenters. The van der Waals surface area contributed by atoms with Crippen molar-refractivity contribution >= 4 is 34.3 Å². The lowest BCUT2D eigenvalue weighted by Gasteiger charge is -2.19. The molecule has 0 bridgehead atoms. The molecule has 8 nitrogen and oxygen atoms in total. The zero-order chi connectivity index (χ0) is 21.5. The number of thiazole rings is 1. The highest BCUT2D eigenvalue weighted by molar-refractivity contribution is 7.14. The Labute approximate surface area is 179 Å². The summed E-state index contributed by atoms with van der Waals surface area (Å²) in [5.41, 5.74) is 3.17. The Morgan fingerprint density at radius 3 is 2.80 bits per heavy atom. The van der Waals surface area contributed by atoms with Crippen LogP contribution in [0.5, 0.6) is 0 Å². The van der Waals surface area contributed by atoms with Gasteiger partial charge in [0.1, 0.15) is 12.1 Å². The van der Waals surface area contributed by atoms with Crippen molar-refractivity contribution in [1.82, 2.24) is 19.8 Å². The van der Waals surface area contributed by atoms with Crippen molar-refractivity contribution in [2.75, 3.05) is 11.9 Å². The van der Waals surface area contributed by atoms with Gasteiger partial charge in [-0.25, -0.2) is 9.78 Å². The highest BCUT2D eigenvalue weighted by Gasteiger charge is 2.52. The molecule has 0 unspecified atom stereocenters. The summed E-state index contributed by atoms with van der Waals surface area (Å²) in [5, 5.41) is 7.82. The molecule has 1 spiro atoms. The molecule has 2 N–H and O–H groups in total. The highest BCUT2D eigenvalue weighted by atomic mass is 32.1. The number of urea groups is 1. The van der Waals surface area contributed by atoms with Crippen molar-refractivity contribution in [3.8, 4) is 11.3 Å². The Hall–Kier alpha value is -2.94. The number of hydrogen-bond acceptors (Lipinski definition) is 5. The molecule has 9 heteroatoms. The standard InChI is InChI=1S/C21H25N5O3S/c1-4-9-25-13(2)10-15(14(25)3)16-12-30-19(22-16)23-17(27)11-26-18(28)21(24-20(26)29)7-5-6-8-21/h4,10,12H,1,5-9,11H2,2-3H3,(H,24,29)(H,22,23,27). The predicted octanol–water partition coefficient (Wildman–Crippen LogP) is 3.22. The van der Waals surface area contributed by atoms with E-state index in [1.54, 1.807) is 0 Å². The van der Waals surface area contributed by atoms with Crippen LogP contribution in [0, 0.1) is 13.8 Å². The fourth-order valence-electron chi connectivity index (χ4n) is 4.36. The number of rotatable bonds is 6. The molecule has 0 aromatic carbocycles. The van der Waals surface area contributed by atoms with E-state index in [1.165, 1.54) is 11.3 Å². The first-order chi connectivity index (χ1) is 14.3. The minimum Gasteiger partial charge on any atom is -0.345 e. The number of imide groups is 1. The first-order valence-corrected chi connectivity index (χ1v) is 10.9. The van der Waals surface area contributed by atoms with Crippen molar-refractivity contribution in [3.05, 3.63) is 35.5 Å². The first kappa shape index (κ1) is 20.3. The topological polar surface area (TPSA) is 96.3 Å². The van der Waals surface area contributed by atoms with E-state index in [2.05, 4.69) is 32.8 Å². The molecule has 0 radical (unpaired) electrons. The third-order valence-corrected chi connectivity index (χ3v) is 6.67. The van der Waals surface area contributed by atoms with E-state index in [1.807, 2.05) is 25.3 Å². The quantitative estimate of drug-likeness (QED) is 0.546. The normalized spacial score (nSPS) is 17.6. The lowest BCUT2D eigenvalue weighted by molar-refractivity contribution is -0.133. The van der Waals surface area contributed by atoms with Gasteiger partial charge in [0.15, 0.2) is 5.13 Å². The number of hydrogen-bond donors (Lipinski definition) is 2. The second-order valence-corrected chi connectivity index (χ2v) is 8.74. The van der Waals surface area contributed by atoms with E-state index in [0.29, 0.717) is 18.0 Å². The summed E-state index contributed by atoms with van der Waals surface area (Å²) in [6.45, 7) is 8.27. The first-order valence-electron chi connectivity index (χ1n) is 10.0. The van der Waals surface area contributed by atoms with E-state index >= 15 is 0 Å². The number of allylic oxidation sites excluding steroid dienone is 1. The summed E-state index contributed by atoms with van der Waals surface area (Å²) in [6.07, 6.45) is 4.93. The van der Waals surface area contributed by atoms with Gasteiger partial charge in [-0.15, -0.1) is 17.9 Å². The number of aromatic nitrogens is 2. The van der Waals surface area contributed by atoms with Gasteiger partial charge in [0, 0.05) is 28.9 Å². The molecule has 1 aliphatic carbocycles. The maximum absolute atomic E-state index is 12.7. The maximum Gasteiger partial charge on any atom is 0.325 e. The van der Waals surface area contributed by atoms with E-state index in [9.17, 15) is 14.4 Å². The predicted molar refractivity (Wildman–Crippen MR) is 115 cm³/mol. The Morgan fingerprint density at radius 1 is 1.37 bits per heavy atom. The molecule has 2 aromatic heterocycles. The number of nitrogens with one attached hydrogen (secondary N) is 2. The molecule has 30 heavy (non-hydrogen) atoms. The molecule has 2 aromatic rings. The van der Waals surface area contributed by atoms with Crippen molar-refractivity contribution in [3.63, 3.8) is 0 Å². The molecule has 2 fully saturated rings. The van der Waals surface area contributed by atoms with Crippen LogP contribution in [0.25, 0.3) is 11.3 Å². The number of carbonyl (C=O) groups excluding carboxylic acids is 3. The minimum atomic E-state index is -0.806. The molecule has 2 aliphatic rings. The van der Waals surface area contributed by atoms with Gasteiger partial charge in [-0.05, 0) is 32.8 Å². The Kier molecular flexibility index (Phi) is 5.23. The second kappa shape index (κ2) is 7.71. The van der Waals surface area contributed by atoms with Gasteiger partial charge in [0.25, 0.3) is 5.91 Å². The summed E-state index contributed by atoms with van der Waals surface area (Å²) >= 11 is 1.31. The van der Waals surface area contributed by atoms with Crippen LogP contribution in [-0.2, 0) is 16.1 Å². The SMILES string of the molecule is C=CCn1c(C)cc(-c2csc(NC(=O)CN3C(=O)NC4(CCCC4)C3=O)n2)c1C.